The second-order valence-corrected chi connectivity index (χ2v) is 4.63. The van der Waals surface area contributed by atoms with Crippen molar-refractivity contribution >= 4 is 0 Å². The van der Waals surface area contributed by atoms with Gasteiger partial charge >= 0.3 is 0 Å². The lowest BCUT2D eigenvalue weighted by molar-refractivity contribution is 0.250. The Bertz CT molecular complexity index is 394. The summed E-state index contributed by atoms with van der Waals surface area (Å²) in [5.74, 6) is 1.78. The van der Waals surface area contributed by atoms with Gasteiger partial charge in [0.15, 0.2) is 0 Å². The standard InChI is InChI=1S/C14H24N2O2/c1-10-6-14(18-5)12(7-13(10)17-4)9-16(3)11(2)8-15/h6-7,11H,8-9,15H2,1-5H3. The van der Waals surface area contributed by atoms with Gasteiger partial charge in [0, 0.05) is 24.7 Å². The van der Waals surface area contributed by atoms with Crippen molar-refractivity contribution in [3.05, 3.63) is 23.3 Å². The summed E-state index contributed by atoms with van der Waals surface area (Å²) in [6, 6.07) is 4.38. The maximum Gasteiger partial charge on any atom is 0.123 e. The van der Waals surface area contributed by atoms with E-state index in [0.717, 1.165) is 29.2 Å². The topological polar surface area (TPSA) is 47.7 Å². The van der Waals surface area contributed by atoms with Gasteiger partial charge in [0.25, 0.3) is 0 Å². The van der Waals surface area contributed by atoms with Gasteiger partial charge in [-0.15, -0.1) is 0 Å². The SMILES string of the molecule is COc1cc(CN(C)C(C)CN)c(OC)cc1C. The Morgan fingerprint density at radius 2 is 1.83 bits per heavy atom. The molecule has 0 aliphatic rings. The zero-order valence-corrected chi connectivity index (χ0v) is 12.0. The molecular weight excluding hydrogens is 228 g/mol. The molecule has 1 atom stereocenters. The summed E-state index contributed by atoms with van der Waals surface area (Å²) >= 11 is 0. The van der Waals surface area contributed by atoms with Crippen LogP contribution in [0.5, 0.6) is 11.5 Å². The lowest BCUT2D eigenvalue weighted by atomic mass is 10.1. The summed E-state index contributed by atoms with van der Waals surface area (Å²) in [5, 5.41) is 0. The van der Waals surface area contributed by atoms with Crippen LogP contribution >= 0.6 is 0 Å². The number of ether oxygens (including phenoxy) is 2. The first kappa shape index (κ1) is 14.8. The first-order valence-electron chi connectivity index (χ1n) is 6.15. The third kappa shape index (κ3) is 3.37. The molecule has 4 nitrogen and oxygen atoms in total. The van der Waals surface area contributed by atoms with Crippen LogP contribution in [0.15, 0.2) is 12.1 Å². The van der Waals surface area contributed by atoms with Crippen LogP contribution in [-0.4, -0.2) is 38.8 Å². The number of aryl methyl sites for hydroxylation is 1. The van der Waals surface area contributed by atoms with Gasteiger partial charge in [0.2, 0.25) is 0 Å². The molecule has 0 saturated heterocycles. The first-order chi connectivity index (χ1) is 8.53. The molecule has 18 heavy (non-hydrogen) atoms. The fourth-order valence-corrected chi connectivity index (χ4v) is 1.84. The second kappa shape index (κ2) is 6.61. The van der Waals surface area contributed by atoms with E-state index in [2.05, 4.69) is 18.9 Å². The molecule has 2 N–H and O–H groups in total. The second-order valence-electron chi connectivity index (χ2n) is 4.63. The van der Waals surface area contributed by atoms with Crippen LogP contribution in [0.3, 0.4) is 0 Å². The Morgan fingerprint density at radius 1 is 1.22 bits per heavy atom. The molecule has 1 aromatic carbocycles. The number of methoxy groups -OCH3 is 2. The summed E-state index contributed by atoms with van der Waals surface area (Å²) in [4.78, 5) is 2.20. The predicted octanol–water partition coefficient (Wildman–Crippen LogP) is 1.79. The highest BCUT2D eigenvalue weighted by Crippen LogP contribution is 2.29. The van der Waals surface area contributed by atoms with Gasteiger partial charge in [0.05, 0.1) is 14.2 Å². The highest BCUT2D eigenvalue weighted by molar-refractivity contribution is 5.45. The van der Waals surface area contributed by atoms with E-state index in [9.17, 15) is 0 Å². The van der Waals surface area contributed by atoms with Gasteiger partial charge < -0.3 is 15.2 Å². The Kier molecular flexibility index (Phi) is 5.44. The molecule has 0 spiro atoms. The maximum absolute atomic E-state index is 5.68. The van der Waals surface area contributed by atoms with Gasteiger partial charge in [-0.25, -0.2) is 0 Å². The highest BCUT2D eigenvalue weighted by Gasteiger charge is 2.13. The number of likely N-dealkylation sites (N-methyl/N-ethyl adjacent to an activating group) is 1. The molecule has 0 saturated carbocycles. The van der Waals surface area contributed by atoms with Crippen LogP contribution in [0.1, 0.15) is 18.1 Å². The molecule has 0 heterocycles. The van der Waals surface area contributed by atoms with Crippen molar-refractivity contribution in [2.24, 2.45) is 5.73 Å². The van der Waals surface area contributed by atoms with Gasteiger partial charge in [-0.1, -0.05) is 0 Å². The van der Waals surface area contributed by atoms with Crippen molar-refractivity contribution in [3.63, 3.8) is 0 Å². The van der Waals surface area contributed by atoms with Crippen molar-refractivity contribution in [3.8, 4) is 11.5 Å². The first-order valence-corrected chi connectivity index (χ1v) is 6.15. The van der Waals surface area contributed by atoms with E-state index in [1.54, 1.807) is 14.2 Å². The van der Waals surface area contributed by atoms with Gasteiger partial charge in [-0.05, 0) is 38.6 Å². The van der Waals surface area contributed by atoms with Crippen LogP contribution in [0.25, 0.3) is 0 Å². The van der Waals surface area contributed by atoms with Crippen LogP contribution in [-0.2, 0) is 6.54 Å². The van der Waals surface area contributed by atoms with E-state index >= 15 is 0 Å². The Morgan fingerprint density at radius 3 is 2.33 bits per heavy atom. The zero-order chi connectivity index (χ0) is 13.7. The smallest absolute Gasteiger partial charge is 0.123 e. The van der Waals surface area contributed by atoms with E-state index < -0.39 is 0 Å². The summed E-state index contributed by atoms with van der Waals surface area (Å²) in [7, 11) is 5.44. The average molecular weight is 252 g/mol. The number of nitrogens with zero attached hydrogens (tertiary/aromatic N) is 1. The van der Waals surface area contributed by atoms with E-state index in [-0.39, 0.29) is 0 Å². The van der Waals surface area contributed by atoms with Crippen LogP contribution in [0.2, 0.25) is 0 Å². The number of nitrogens with two attached hydrogens (primary N) is 1. The third-order valence-electron chi connectivity index (χ3n) is 3.31. The minimum atomic E-state index is 0.335. The summed E-state index contributed by atoms with van der Waals surface area (Å²) in [6.45, 7) is 5.55. The fraction of sp³-hybridized carbons (Fsp3) is 0.571. The molecule has 0 aromatic heterocycles. The van der Waals surface area contributed by atoms with Crippen molar-refractivity contribution in [2.45, 2.75) is 26.4 Å². The van der Waals surface area contributed by atoms with Crippen LogP contribution in [0.4, 0.5) is 0 Å². The molecule has 1 rings (SSSR count). The van der Waals surface area contributed by atoms with Crippen LogP contribution in [0, 0.1) is 6.92 Å². The van der Waals surface area contributed by atoms with Gasteiger partial charge in [-0.3, -0.25) is 4.90 Å². The number of benzene rings is 1. The molecule has 0 radical (unpaired) electrons. The normalized spacial score (nSPS) is 12.6. The summed E-state index contributed by atoms with van der Waals surface area (Å²) in [5.41, 5.74) is 7.87. The van der Waals surface area contributed by atoms with Crippen molar-refractivity contribution in [1.29, 1.82) is 0 Å². The Labute approximate surface area is 110 Å². The quantitative estimate of drug-likeness (QED) is 0.838. The number of hydrogen-bond donors (Lipinski definition) is 1. The number of hydrogen-bond acceptors (Lipinski definition) is 4. The van der Waals surface area contributed by atoms with E-state index in [0.29, 0.717) is 12.6 Å². The summed E-state index contributed by atoms with van der Waals surface area (Å²) < 4.78 is 10.8. The predicted molar refractivity (Wildman–Crippen MR) is 74.3 cm³/mol. The zero-order valence-electron chi connectivity index (χ0n) is 12.0. The van der Waals surface area contributed by atoms with E-state index in [1.807, 2.05) is 19.1 Å². The van der Waals surface area contributed by atoms with Gasteiger partial charge in [0.1, 0.15) is 11.5 Å². The molecule has 0 aliphatic carbocycles. The molecule has 0 fully saturated rings. The fourth-order valence-electron chi connectivity index (χ4n) is 1.84. The van der Waals surface area contributed by atoms with Crippen LogP contribution < -0.4 is 15.2 Å². The average Bonchev–Trinajstić information content (AvgIpc) is 2.38. The maximum atomic E-state index is 5.68. The third-order valence-corrected chi connectivity index (χ3v) is 3.31. The van der Waals surface area contributed by atoms with E-state index in [1.165, 1.54) is 0 Å². The lowest BCUT2D eigenvalue weighted by Crippen LogP contribution is -2.34. The monoisotopic (exact) mass is 252 g/mol. The molecule has 102 valence electrons. The molecule has 1 aromatic rings. The Hall–Kier alpha value is -1.26. The molecule has 0 aliphatic heterocycles. The minimum Gasteiger partial charge on any atom is -0.496 e. The highest BCUT2D eigenvalue weighted by atomic mass is 16.5. The van der Waals surface area contributed by atoms with E-state index in [4.69, 9.17) is 15.2 Å². The van der Waals surface area contributed by atoms with Crippen molar-refractivity contribution in [1.82, 2.24) is 4.90 Å². The number of rotatable bonds is 6. The largest absolute Gasteiger partial charge is 0.496 e. The van der Waals surface area contributed by atoms with Gasteiger partial charge in [-0.2, -0.15) is 0 Å². The molecule has 4 heteroatoms. The Balaban J connectivity index is 2.99. The molecular formula is C14H24N2O2. The summed E-state index contributed by atoms with van der Waals surface area (Å²) in [6.07, 6.45) is 0. The lowest BCUT2D eigenvalue weighted by Gasteiger charge is -2.24. The van der Waals surface area contributed by atoms with Crippen molar-refractivity contribution in [2.75, 3.05) is 27.8 Å². The minimum absolute atomic E-state index is 0.335. The van der Waals surface area contributed by atoms with Crippen molar-refractivity contribution < 1.29 is 9.47 Å². The molecule has 0 bridgehead atoms. The molecule has 1 unspecified atom stereocenters. The molecule has 0 amide bonds.